The summed E-state index contributed by atoms with van der Waals surface area (Å²) in [6.45, 7) is 1.61. The molecule has 1 amide bonds. The van der Waals surface area contributed by atoms with Crippen LogP contribution >= 0.6 is 11.6 Å². The number of alkyl halides is 3. The van der Waals surface area contributed by atoms with E-state index in [0.717, 1.165) is 4.90 Å². The number of ether oxygens (including phenoxy) is 3. The van der Waals surface area contributed by atoms with Gasteiger partial charge in [-0.3, -0.25) is 9.88 Å². The molecule has 16 heteroatoms. The Morgan fingerprint density at radius 1 is 1.10 bits per heavy atom. The lowest BCUT2D eigenvalue weighted by Crippen LogP contribution is -2.38. The lowest BCUT2D eigenvalue weighted by Gasteiger charge is -2.26. The summed E-state index contributed by atoms with van der Waals surface area (Å²) >= 11 is 6.02. The third kappa shape index (κ3) is 9.18. The van der Waals surface area contributed by atoms with E-state index in [2.05, 4.69) is 14.7 Å². The number of hydrogen-bond donors (Lipinski definition) is 1. The maximum atomic E-state index is 13.2. The number of anilines is 1. The number of carbonyl (C=O) groups excluding carboxylic acids is 1. The fraction of sp³-hybridized carbons (Fsp3) is 0.320. The van der Waals surface area contributed by atoms with Crippen molar-refractivity contribution in [3.63, 3.8) is 0 Å². The fourth-order valence-corrected chi connectivity index (χ4v) is 4.18. The van der Waals surface area contributed by atoms with Crippen LogP contribution in [0.1, 0.15) is 24.6 Å². The Kier molecular flexibility index (Phi) is 11.1. The molecule has 0 fully saturated rings. The summed E-state index contributed by atoms with van der Waals surface area (Å²) in [5.41, 5.74) is -0.787. The van der Waals surface area contributed by atoms with Gasteiger partial charge in [-0.15, -0.1) is 0 Å². The van der Waals surface area contributed by atoms with Gasteiger partial charge in [0.25, 0.3) is 0 Å². The first kappa shape index (κ1) is 31.9. The van der Waals surface area contributed by atoms with Gasteiger partial charge in [-0.05, 0) is 36.8 Å². The average molecular weight is 619 g/mol. The number of carbonyl (C=O) groups is 1. The highest BCUT2D eigenvalue weighted by Gasteiger charge is 2.33. The van der Waals surface area contributed by atoms with E-state index in [-0.39, 0.29) is 43.5 Å². The number of amides is 1. The van der Waals surface area contributed by atoms with Crippen LogP contribution < -0.4 is 19.1 Å². The molecule has 0 bridgehead atoms. The van der Waals surface area contributed by atoms with E-state index in [0.29, 0.717) is 24.4 Å². The van der Waals surface area contributed by atoms with Crippen molar-refractivity contribution < 1.29 is 44.8 Å². The number of nitrogens with zero attached hydrogens (tertiary/aromatic N) is 3. The van der Waals surface area contributed by atoms with Crippen LogP contribution in [0.2, 0.25) is 5.02 Å². The molecule has 41 heavy (non-hydrogen) atoms. The maximum Gasteiger partial charge on any atom is 0.431 e. The number of methoxy groups -OCH3 is 1. The normalized spacial score (nSPS) is 11.7. The Bertz CT molecular complexity index is 1430. The van der Waals surface area contributed by atoms with Gasteiger partial charge in [0.2, 0.25) is 5.88 Å². The zero-order valence-electron chi connectivity index (χ0n) is 21.9. The van der Waals surface area contributed by atoms with Gasteiger partial charge in [0.15, 0.2) is 5.75 Å². The van der Waals surface area contributed by atoms with Crippen LogP contribution in [0.25, 0.3) is 0 Å². The Morgan fingerprint density at radius 3 is 2.49 bits per heavy atom. The number of benzene rings is 1. The zero-order valence-corrected chi connectivity index (χ0v) is 23.4. The minimum atomic E-state index is -4.69. The molecule has 0 saturated heterocycles. The number of halogens is 4. The number of aromatic nitrogens is 2. The molecule has 0 aliphatic carbocycles. The molecule has 0 aliphatic rings. The van der Waals surface area contributed by atoms with Gasteiger partial charge in [-0.2, -0.15) is 26.3 Å². The molecule has 0 saturated carbocycles. The van der Waals surface area contributed by atoms with Crippen LogP contribution in [0.5, 0.6) is 17.4 Å². The van der Waals surface area contributed by atoms with E-state index in [9.17, 15) is 26.4 Å². The van der Waals surface area contributed by atoms with Crippen LogP contribution in [0.3, 0.4) is 0 Å². The lowest BCUT2D eigenvalue weighted by atomic mass is 10.2. The summed E-state index contributed by atoms with van der Waals surface area (Å²) < 4.78 is 87.8. The Labute approximate surface area is 239 Å². The minimum Gasteiger partial charge on any atom is -0.489 e. The van der Waals surface area contributed by atoms with E-state index in [1.54, 1.807) is 25.1 Å². The molecule has 1 N–H and O–H groups in total. The maximum absolute atomic E-state index is 13.2. The van der Waals surface area contributed by atoms with Gasteiger partial charge in [0.05, 0.1) is 24.4 Å². The number of rotatable bonds is 13. The second-order valence-electron chi connectivity index (χ2n) is 8.15. The summed E-state index contributed by atoms with van der Waals surface area (Å²) in [6, 6.07) is 9.86. The van der Waals surface area contributed by atoms with Crippen LogP contribution in [0.4, 0.5) is 23.7 Å². The topological polar surface area (TPSA) is 129 Å². The summed E-state index contributed by atoms with van der Waals surface area (Å²) in [4.78, 5) is 21.9. The SMILES string of the molecule is CCCN(C(=O)OS(=O)(=O)NCc1ccccn1)c1c(OCCOC)cccc1Oc1ncc(C(F)(F)F)cc1Cl. The molecule has 0 atom stereocenters. The van der Waals surface area contributed by atoms with Crippen molar-refractivity contribution >= 4 is 33.7 Å². The van der Waals surface area contributed by atoms with Crippen LogP contribution in [-0.2, 0) is 31.9 Å². The van der Waals surface area contributed by atoms with Crippen LogP contribution in [-0.4, -0.2) is 51.3 Å². The number of para-hydroxylation sites is 1. The molecule has 2 heterocycles. The first-order valence-electron chi connectivity index (χ1n) is 12.0. The third-order valence-corrected chi connectivity index (χ3v) is 6.25. The third-order valence-electron chi connectivity index (χ3n) is 5.12. The second kappa shape index (κ2) is 14.3. The molecule has 1 aromatic carbocycles. The van der Waals surface area contributed by atoms with Crippen molar-refractivity contribution in [1.29, 1.82) is 0 Å². The number of nitrogens with one attached hydrogen (secondary N) is 1. The first-order valence-corrected chi connectivity index (χ1v) is 13.8. The average Bonchev–Trinajstić information content (AvgIpc) is 2.92. The molecule has 3 rings (SSSR count). The van der Waals surface area contributed by atoms with Crippen molar-refractivity contribution in [2.75, 3.05) is 31.8 Å². The van der Waals surface area contributed by atoms with Gasteiger partial charge < -0.3 is 18.4 Å². The lowest BCUT2D eigenvalue weighted by molar-refractivity contribution is -0.137. The molecule has 0 spiro atoms. The highest BCUT2D eigenvalue weighted by atomic mass is 35.5. The van der Waals surface area contributed by atoms with E-state index in [1.807, 2.05) is 0 Å². The van der Waals surface area contributed by atoms with Crippen molar-refractivity contribution in [2.45, 2.75) is 26.1 Å². The summed E-state index contributed by atoms with van der Waals surface area (Å²) in [5.74, 6) is -0.463. The predicted octanol–water partition coefficient (Wildman–Crippen LogP) is 5.35. The number of pyridine rings is 2. The second-order valence-corrected chi connectivity index (χ2v) is 9.92. The fourth-order valence-electron chi connectivity index (χ4n) is 3.31. The van der Waals surface area contributed by atoms with E-state index in [4.69, 9.17) is 30.0 Å². The molecule has 222 valence electrons. The minimum absolute atomic E-state index is 0.0329. The Morgan fingerprint density at radius 2 is 1.85 bits per heavy atom. The van der Waals surface area contributed by atoms with Gasteiger partial charge in [-0.25, -0.2) is 9.78 Å². The first-order chi connectivity index (χ1) is 19.4. The molecule has 3 aromatic rings. The predicted molar refractivity (Wildman–Crippen MR) is 142 cm³/mol. The Balaban J connectivity index is 1.96. The van der Waals surface area contributed by atoms with Gasteiger partial charge >= 0.3 is 22.6 Å². The highest BCUT2D eigenvalue weighted by molar-refractivity contribution is 7.85. The quantitative estimate of drug-likeness (QED) is 0.252. The van der Waals surface area contributed by atoms with Crippen molar-refractivity contribution in [3.8, 4) is 17.4 Å². The van der Waals surface area contributed by atoms with Gasteiger partial charge in [-0.1, -0.05) is 30.7 Å². The molecule has 2 aromatic heterocycles. The summed E-state index contributed by atoms with van der Waals surface area (Å²) in [6.07, 6.45) is -3.65. The standard InChI is InChI=1S/C25H26ClF3N4O7S/c1-3-11-33(24(34)40-41(35,36)32-16-18-7-4-5-10-30-18)22-20(38-13-12-37-2)8-6-9-21(22)39-23-19(26)14-17(15-31-23)25(27,28)29/h4-10,14-15,32H,3,11-13,16H2,1-2H3. The number of hydrogen-bond acceptors (Lipinski definition) is 9. The monoisotopic (exact) mass is 618 g/mol. The van der Waals surface area contributed by atoms with Crippen molar-refractivity contribution in [3.05, 3.63) is 71.1 Å². The Hall–Kier alpha value is -3.66. The molecule has 0 unspecified atom stereocenters. The largest absolute Gasteiger partial charge is 0.489 e. The van der Waals surface area contributed by atoms with Gasteiger partial charge in [0, 0.05) is 26.0 Å². The zero-order chi connectivity index (χ0) is 30.0. The highest BCUT2D eigenvalue weighted by Crippen LogP contribution is 2.42. The molecular weight excluding hydrogens is 593 g/mol. The molecule has 0 radical (unpaired) electrons. The molecule has 11 nitrogen and oxygen atoms in total. The summed E-state index contributed by atoms with van der Waals surface area (Å²) in [5, 5.41) is -0.456. The molecule has 0 aliphatic heterocycles. The smallest absolute Gasteiger partial charge is 0.431 e. The van der Waals surface area contributed by atoms with Crippen LogP contribution in [0, 0.1) is 0 Å². The van der Waals surface area contributed by atoms with E-state index >= 15 is 0 Å². The molecular formula is C25H26ClF3N4O7S. The van der Waals surface area contributed by atoms with Crippen LogP contribution in [0.15, 0.2) is 54.9 Å². The van der Waals surface area contributed by atoms with E-state index in [1.165, 1.54) is 31.5 Å². The van der Waals surface area contributed by atoms with Crippen molar-refractivity contribution in [1.82, 2.24) is 14.7 Å². The van der Waals surface area contributed by atoms with Gasteiger partial charge in [0.1, 0.15) is 23.1 Å². The van der Waals surface area contributed by atoms with Crippen molar-refractivity contribution in [2.24, 2.45) is 0 Å². The summed E-state index contributed by atoms with van der Waals surface area (Å²) in [7, 11) is -3.15. The van der Waals surface area contributed by atoms with E-state index < -0.39 is 39.0 Å².